The lowest BCUT2D eigenvalue weighted by atomic mass is 9.84. The minimum absolute atomic E-state index is 0.0853. The molecule has 2 bridgehead atoms. The molecule has 0 aromatic carbocycles. The number of amides is 1. The Morgan fingerprint density at radius 3 is 2.77 bits per heavy atom. The summed E-state index contributed by atoms with van der Waals surface area (Å²) in [6.07, 6.45) is 7.31. The predicted octanol–water partition coefficient (Wildman–Crippen LogP) is 4.03. The van der Waals surface area contributed by atoms with Crippen LogP contribution in [0.5, 0.6) is 5.75 Å². The van der Waals surface area contributed by atoms with E-state index in [0.717, 1.165) is 25.0 Å². The molecule has 1 amide bonds. The van der Waals surface area contributed by atoms with Crippen molar-refractivity contribution in [3.05, 3.63) is 58.4 Å². The van der Waals surface area contributed by atoms with Crippen molar-refractivity contribution in [2.45, 2.75) is 75.8 Å². The molecule has 3 aliphatic rings. The first-order chi connectivity index (χ1) is 16.7. The van der Waals surface area contributed by atoms with Crippen LogP contribution in [0.2, 0.25) is 0 Å². The van der Waals surface area contributed by atoms with Crippen molar-refractivity contribution in [1.82, 2.24) is 14.0 Å². The van der Waals surface area contributed by atoms with Crippen molar-refractivity contribution < 1.29 is 18.7 Å². The van der Waals surface area contributed by atoms with Gasteiger partial charge >= 0.3 is 0 Å². The number of carbonyl (C=O) groups is 1. The minimum Gasteiger partial charge on any atom is -0.490 e. The van der Waals surface area contributed by atoms with Gasteiger partial charge in [0, 0.05) is 36.5 Å². The number of hydrogen-bond donors (Lipinski definition) is 1. The highest BCUT2D eigenvalue weighted by atomic mass is 19.1. The summed E-state index contributed by atoms with van der Waals surface area (Å²) < 4.78 is 28.7. The number of fused-ring (bicyclic) bond motifs is 3. The summed E-state index contributed by atoms with van der Waals surface area (Å²) in [7, 11) is 0. The Labute approximate surface area is 202 Å². The summed E-state index contributed by atoms with van der Waals surface area (Å²) in [5.41, 5.74) is 1.43. The standard InChI is InChI=1S/C26H29FN4O4/c1-15(2)35-20-10-22-29-21(26-7-6-25(3,13-26)34-14-26)12-30(22)11-16(20)23(32)28-18-5-4-8-31(24(18)33)19-9-17(19)27/h4-5,8,10-12,15,17,19H,6-7,9,13-14H2,1-3H3,(H,28,32)/t17-,19+,25-,26-/m1/s1. The van der Waals surface area contributed by atoms with Crippen molar-refractivity contribution in [2.75, 3.05) is 11.9 Å². The highest BCUT2D eigenvalue weighted by Crippen LogP contribution is 2.53. The molecule has 3 aromatic heterocycles. The lowest BCUT2D eigenvalue weighted by Crippen LogP contribution is -2.26. The van der Waals surface area contributed by atoms with E-state index in [0.29, 0.717) is 24.4 Å². The van der Waals surface area contributed by atoms with Crippen LogP contribution in [0.4, 0.5) is 10.1 Å². The molecule has 0 unspecified atom stereocenters. The average Bonchev–Trinajstić information content (AvgIpc) is 3.12. The maximum absolute atomic E-state index is 13.5. The van der Waals surface area contributed by atoms with Gasteiger partial charge in [-0.1, -0.05) is 0 Å². The predicted molar refractivity (Wildman–Crippen MR) is 128 cm³/mol. The van der Waals surface area contributed by atoms with Crippen molar-refractivity contribution in [1.29, 1.82) is 0 Å². The molecule has 1 N–H and O–H groups in total. The number of carbonyl (C=O) groups excluding carboxylic acids is 1. The number of alkyl halides is 1. The Morgan fingerprint density at radius 1 is 1.34 bits per heavy atom. The first-order valence-corrected chi connectivity index (χ1v) is 12.2. The van der Waals surface area contributed by atoms with Crippen LogP contribution in [0.25, 0.3) is 5.65 Å². The number of hydrogen-bond acceptors (Lipinski definition) is 5. The molecule has 0 spiro atoms. The lowest BCUT2D eigenvalue weighted by molar-refractivity contribution is -0.00627. The normalized spacial score (nSPS) is 29.2. The van der Waals surface area contributed by atoms with Gasteiger partial charge in [-0.25, -0.2) is 9.37 Å². The monoisotopic (exact) mass is 480 g/mol. The molecule has 1 aliphatic heterocycles. The number of nitrogens with one attached hydrogen (secondary N) is 1. The average molecular weight is 481 g/mol. The van der Waals surface area contributed by atoms with Crippen LogP contribution >= 0.6 is 0 Å². The second kappa shape index (κ2) is 7.65. The lowest BCUT2D eigenvalue weighted by Gasteiger charge is -2.24. The molecule has 4 atom stereocenters. The van der Waals surface area contributed by atoms with Crippen molar-refractivity contribution in [2.24, 2.45) is 0 Å². The first kappa shape index (κ1) is 22.3. The molecule has 35 heavy (non-hydrogen) atoms. The molecule has 184 valence electrons. The summed E-state index contributed by atoms with van der Waals surface area (Å²) in [4.78, 5) is 31.0. The van der Waals surface area contributed by atoms with Gasteiger partial charge in [0.15, 0.2) is 0 Å². The van der Waals surface area contributed by atoms with Gasteiger partial charge < -0.3 is 23.8 Å². The molecule has 2 aliphatic carbocycles. The van der Waals surface area contributed by atoms with Crippen LogP contribution in [0.1, 0.15) is 68.5 Å². The van der Waals surface area contributed by atoms with Gasteiger partial charge in [0.25, 0.3) is 11.5 Å². The van der Waals surface area contributed by atoms with Gasteiger partial charge in [0.05, 0.1) is 35.6 Å². The number of pyridine rings is 2. The zero-order valence-electron chi connectivity index (χ0n) is 20.1. The number of anilines is 1. The fourth-order valence-corrected chi connectivity index (χ4v) is 5.54. The fraction of sp³-hybridized carbons (Fsp3) is 0.500. The highest BCUT2D eigenvalue weighted by Gasteiger charge is 2.55. The second-order valence-electron chi connectivity index (χ2n) is 10.7. The molecule has 8 nitrogen and oxygen atoms in total. The van der Waals surface area contributed by atoms with Gasteiger partial charge in [0.2, 0.25) is 0 Å². The third-order valence-electron chi connectivity index (χ3n) is 7.51. The van der Waals surface area contributed by atoms with Gasteiger partial charge in [-0.05, 0) is 52.2 Å². The molecule has 9 heteroatoms. The fourth-order valence-electron chi connectivity index (χ4n) is 5.54. The molecule has 3 aromatic rings. The number of halogens is 1. The Kier molecular flexibility index (Phi) is 4.87. The van der Waals surface area contributed by atoms with E-state index in [9.17, 15) is 14.0 Å². The van der Waals surface area contributed by atoms with Crippen LogP contribution in [0, 0.1) is 0 Å². The minimum atomic E-state index is -1.02. The van der Waals surface area contributed by atoms with E-state index < -0.39 is 23.7 Å². The summed E-state index contributed by atoms with van der Waals surface area (Å²) in [6, 6.07) is 4.47. The van der Waals surface area contributed by atoms with Crippen LogP contribution in [-0.4, -0.2) is 44.3 Å². The number of rotatable bonds is 6. The third-order valence-corrected chi connectivity index (χ3v) is 7.51. The molecule has 4 heterocycles. The van der Waals surface area contributed by atoms with E-state index in [4.69, 9.17) is 14.5 Å². The van der Waals surface area contributed by atoms with Gasteiger partial charge in [-0.15, -0.1) is 0 Å². The molecule has 1 saturated heterocycles. The Balaban J connectivity index is 1.35. The topological polar surface area (TPSA) is 86.9 Å². The van der Waals surface area contributed by atoms with Gasteiger partial charge in [0.1, 0.15) is 23.3 Å². The van der Waals surface area contributed by atoms with Crippen molar-refractivity contribution in [3.8, 4) is 5.75 Å². The zero-order chi connectivity index (χ0) is 24.5. The van der Waals surface area contributed by atoms with E-state index in [1.165, 1.54) is 10.6 Å². The molecular formula is C26H29FN4O4. The summed E-state index contributed by atoms with van der Waals surface area (Å²) in [5.74, 6) is -0.0862. The van der Waals surface area contributed by atoms with Gasteiger partial charge in [-0.2, -0.15) is 0 Å². The van der Waals surface area contributed by atoms with Crippen LogP contribution in [0.15, 0.2) is 41.6 Å². The molecule has 3 fully saturated rings. The highest BCUT2D eigenvalue weighted by molar-refractivity contribution is 6.06. The number of aromatic nitrogens is 3. The van der Waals surface area contributed by atoms with Crippen molar-refractivity contribution >= 4 is 17.2 Å². The van der Waals surface area contributed by atoms with Crippen LogP contribution < -0.4 is 15.6 Å². The Hall–Kier alpha value is -3.20. The second-order valence-corrected chi connectivity index (χ2v) is 10.7. The molecule has 6 rings (SSSR count). The van der Waals surface area contributed by atoms with Crippen LogP contribution in [-0.2, 0) is 10.2 Å². The first-order valence-electron chi connectivity index (χ1n) is 12.2. The summed E-state index contributed by atoms with van der Waals surface area (Å²) >= 11 is 0. The van der Waals surface area contributed by atoms with E-state index >= 15 is 0 Å². The third kappa shape index (κ3) is 3.73. The summed E-state index contributed by atoms with van der Waals surface area (Å²) in [6.45, 7) is 6.58. The Morgan fingerprint density at radius 2 is 2.14 bits per heavy atom. The number of nitrogens with zero attached hydrogens (tertiary/aromatic N) is 3. The van der Waals surface area contributed by atoms with Crippen molar-refractivity contribution in [3.63, 3.8) is 0 Å². The quantitative estimate of drug-likeness (QED) is 0.576. The molecule has 2 saturated carbocycles. The Bertz CT molecular complexity index is 1390. The SMILES string of the molecule is CC(C)Oc1cc2nc([C@]34CC[C@](C)(C3)OC4)cn2cc1C(=O)Nc1cccn([C@H]2C[C@H]2F)c1=O. The smallest absolute Gasteiger partial charge is 0.274 e. The summed E-state index contributed by atoms with van der Waals surface area (Å²) in [5, 5.41) is 2.71. The zero-order valence-corrected chi connectivity index (χ0v) is 20.1. The van der Waals surface area contributed by atoms with E-state index in [2.05, 4.69) is 12.2 Å². The number of ether oxygens (including phenoxy) is 2. The van der Waals surface area contributed by atoms with E-state index in [-0.39, 0.29) is 28.4 Å². The maximum Gasteiger partial charge on any atom is 0.274 e. The maximum atomic E-state index is 13.5. The largest absolute Gasteiger partial charge is 0.490 e. The van der Waals surface area contributed by atoms with Crippen LogP contribution in [0.3, 0.4) is 0 Å². The van der Waals surface area contributed by atoms with E-state index in [1.54, 1.807) is 24.5 Å². The molecule has 0 radical (unpaired) electrons. The molecular weight excluding hydrogens is 451 g/mol. The van der Waals surface area contributed by atoms with E-state index in [1.807, 2.05) is 24.4 Å². The van der Waals surface area contributed by atoms with Gasteiger partial charge in [-0.3, -0.25) is 9.59 Å². The number of imidazole rings is 1.